The quantitative estimate of drug-likeness (QED) is 0.757. The molecule has 1 aliphatic rings. The summed E-state index contributed by atoms with van der Waals surface area (Å²) in [6.07, 6.45) is 4.56. The van der Waals surface area contributed by atoms with Gasteiger partial charge in [-0.2, -0.15) is 4.98 Å². The van der Waals surface area contributed by atoms with Crippen LogP contribution in [-0.2, 0) is 4.74 Å². The van der Waals surface area contributed by atoms with Gasteiger partial charge in [-0.25, -0.2) is 4.79 Å². The maximum absolute atomic E-state index is 12.3. The van der Waals surface area contributed by atoms with Crippen LogP contribution < -0.4 is 10.5 Å². The molecule has 1 aromatic heterocycles. The third-order valence-electron chi connectivity index (χ3n) is 4.37. The molecular weight excluding hydrogens is 330 g/mol. The number of carbonyl (C=O) groups excluding carboxylic acids is 1. The molecule has 0 radical (unpaired) electrons. The number of ether oxygens (including phenoxy) is 2. The zero-order chi connectivity index (χ0) is 17.5. The van der Waals surface area contributed by atoms with E-state index in [-0.39, 0.29) is 22.3 Å². The molecular formula is C17H26ClN3O3. The van der Waals surface area contributed by atoms with Crippen molar-refractivity contribution in [2.75, 3.05) is 39.1 Å². The Bertz CT molecular complexity index is 560. The molecule has 0 atom stereocenters. The SMILES string of the molecule is CCCCN1CCC(COC(=O)c2cc(Cl)c(N)nc2OC)CC1. The van der Waals surface area contributed by atoms with Gasteiger partial charge in [0.1, 0.15) is 11.4 Å². The van der Waals surface area contributed by atoms with Crippen LogP contribution in [0.4, 0.5) is 5.82 Å². The average molecular weight is 356 g/mol. The van der Waals surface area contributed by atoms with Crippen LogP contribution in [0.25, 0.3) is 0 Å². The molecule has 7 heteroatoms. The zero-order valence-electron chi connectivity index (χ0n) is 14.4. The number of nitrogens with zero attached hydrogens (tertiary/aromatic N) is 2. The first kappa shape index (κ1) is 18.8. The minimum Gasteiger partial charge on any atom is -0.480 e. The van der Waals surface area contributed by atoms with E-state index in [0.29, 0.717) is 12.5 Å². The number of unbranched alkanes of at least 4 members (excludes halogenated alkanes) is 1. The molecule has 1 fully saturated rings. The van der Waals surface area contributed by atoms with Crippen LogP contribution in [0, 0.1) is 5.92 Å². The van der Waals surface area contributed by atoms with Crippen LogP contribution >= 0.6 is 11.6 Å². The summed E-state index contributed by atoms with van der Waals surface area (Å²) in [5.41, 5.74) is 5.83. The molecule has 2 rings (SSSR count). The van der Waals surface area contributed by atoms with Gasteiger partial charge in [0.15, 0.2) is 0 Å². The van der Waals surface area contributed by atoms with Crippen molar-refractivity contribution in [3.05, 3.63) is 16.7 Å². The molecule has 0 unspecified atom stereocenters. The highest BCUT2D eigenvalue weighted by Crippen LogP contribution is 2.26. The number of nitrogen functional groups attached to an aromatic ring is 1. The number of piperidine rings is 1. The second-order valence-corrected chi connectivity index (χ2v) is 6.56. The van der Waals surface area contributed by atoms with Crippen LogP contribution in [0.15, 0.2) is 6.07 Å². The molecule has 1 aromatic rings. The third-order valence-corrected chi connectivity index (χ3v) is 4.67. The van der Waals surface area contributed by atoms with E-state index in [0.717, 1.165) is 32.5 Å². The number of aromatic nitrogens is 1. The van der Waals surface area contributed by atoms with Gasteiger partial charge in [-0.3, -0.25) is 0 Å². The Morgan fingerprint density at radius 3 is 2.79 bits per heavy atom. The van der Waals surface area contributed by atoms with Crippen molar-refractivity contribution < 1.29 is 14.3 Å². The van der Waals surface area contributed by atoms with E-state index >= 15 is 0 Å². The number of likely N-dealkylation sites (tertiary alicyclic amines) is 1. The van der Waals surface area contributed by atoms with Crippen LogP contribution in [0.5, 0.6) is 5.88 Å². The molecule has 6 nitrogen and oxygen atoms in total. The van der Waals surface area contributed by atoms with Crippen molar-refractivity contribution >= 4 is 23.4 Å². The Morgan fingerprint density at radius 1 is 1.46 bits per heavy atom. The fourth-order valence-corrected chi connectivity index (χ4v) is 2.97. The Hall–Kier alpha value is -1.53. The Kier molecular flexibility index (Phi) is 7.12. The second kappa shape index (κ2) is 9.08. The number of nitrogens with two attached hydrogens (primary N) is 1. The van der Waals surface area contributed by atoms with Crippen molar-refractivity contribution in [1.82, 2.24) is 9.88 Å². The predicted octanol–water partition coefficient (Wildman–Crippen LogP) is 2.99. The molecule has 24 heavy (non-hydrogen) atoms. The summed E-state index contributed by atoms with van der Waals surface area (Å²) in [6, 6.07) is 1.44. The lowest BCUT2D eigenvalue weighted by Crippen LogP contribution is -2.36. The number of anilines is 1. The standard InChI is InChI=1S/C17H26ClN3O3/c1-3-4-7-21-8-5-12(6-9-21)11-24-17(22)13-10-14(18)15(19)20-16(13)23-2/h10,12H,3-9,11H2,1-2H3,(H2,19,20). The summed E-state index contributed by atoms with van der Waals surface area (Å²) in [5, 5.41) is 0.215. The van der Waals surface area contributed by atoms with Gasteiger partial charge in [0.2, 0.25) is 5.88 Å². The third kappa shape index (κ3) is 4.98. The number of pyridine rings is 1. The van der Waals surface area contributed by atoms with Crippen LogP contribution in [0.1, 0.15) is 43.0 Å². The van der Waals surface area contributed by atoms with Crippen LogP contribution in [-0.4, -0.2) is 49.2 Å². The Labute approximate surface area is 148 Å². The average Bonchev–Trinajstić information content (AvgIpc) is 2.60. The highest BCUT2D eigenvalue weighted by molar-refractivity contribution is 6.33. The molecule has 0 spiro atoms. The summed E-state index contributed by atoms with van der Waals surface area (Å²) < 4.78 is 10.5. The number of hydrogen-bond acceptors (Lipinski definition) is 6. The molecule has 0 aliphatic carbocycles. The summed E-state index contributed by atoms with van der Waals surface area (Å²) in [7, 11) is 1.43. The predicted molar refractivity (Wildman–Crippen MR) is 94.6 cm³/mol. The van der Waals surface area contributed by atoms with Gasteiger partial charge in [-0.1, -0.05) is 24.9 Å². The summed E-state index contributed by atoms with van der Waals surface area (Å²) in [5.74, 6) is 0.186. The monoisotopic (exact) mass is 355 g/mol. The van der Waals surface area contributed by atoms with Gasteiger partial charge < -0.3 is 20.1 Å². The van der Waals surface area contributed by atoms with Crippen molar-refractivity contribution in [2.24, 2.45) is 5.92 Å². The van der Waals surface area contributed by atoms with E-state index in [9.17, 15) is 4.79 Å². The topological polar surface area (TPSA) is 77.7 Å². The largest absolute Gasteiger partial charge is 0.480 e. The van der Waals surface area contributed by atoms with E-state index < -0.39 is 5.97 Å². The molecule has 2 N–H and O–H groups in total. The maximum Gasteiger partial charge on any atom is 0.343 e. The molecule has 0 saturated carbocycles. The van der Waals surface area contributed by atoms with Crippen molar-refractivity contribution in [3.63, 3.8) is 0 Å². The van der Waals surface area contributed by atoms with E-state index in [4.69, 9.17) is 26.8 Å². The lowest BCUT2D eigenvalue weighted by atomic mass is 9.97. The van der Waals surface area contributed by atoms with Crippen molar-refractivity contribution in [1.29, 1.82) is 0 Å². The molecule has 1 aliphatic heterocycles. The van der Waals surface area contributed by atoms with E-state index in [2.05, 4.69) is 16.8 Å². The normalized spacial score (nSPS) is 16.1. The van der Waals surface area contributed by atoms with Gasteiger partial charge >= 0.3 is 5.97 Å². The zero-order valence-corrected chi connectivity index (χ0v) is 15.1. The first-order valence-corrected chi connectivity index (χ1v) is 8.82. The lowest BCUT2D eigenvalue weighted by Gasteiger charge is -2.31. The van der Waals surface area contributed by atoms with Crippen LogP contribution in [0.3, 0.4) is 0 Å². The molecule has 134 valence electrons. The number of rotatable bonds is 7. The van der Waals surface area contributed by atoms with Gasteiger partial charge in [0.05, 0.1) is 18.7 Å². The van der Waals surface area contributed by atoms with E-state index in [1.165, 1.54) is 26.0 Å². The highest BCUT2D eigenvalue weighted by Gasteiger charge is 2.22. The maximum atomic E-state index is 12.3. The van der Waals surface area contributed by atoms with E-state index in [1.807, 2.05) is 0 Å². The summed E-state index contributed by atoms with van der Waals surface area (Å²) in [4.78, 5) is 18.7. The molecule has 0 amide bonds. The highest BCUT2D eigenvalue weighted by atomic mass is 35.5. The number of esters is 1. The summed E-state index contributed by atoms with van der Waals surface area (Å²) in [6.45, 7) is 5.92. The number of halogens is 1. The molecule has 0 aromatic carbocycles. The number of hydrogen-bond donors (Lipinski definition) is 1. The minimum absolute atomic E-state index is 0.129. The first-order valence-electron chi connectivity index (χ1n) is 8.44. The lowest BCUT2D eigenvalue weighted by molar-refractivity contribution is 0.0368. The molecule has 2 heterocycles. The Balaban J connectivity index is 1.85. The van der Waals surface area contributed by atoms with Gasteiger partial charge in [-0.15, -0.1) is 0 Å². The fourth-order valence-electron chi connectivity index (χ4n) is 2.82. The number of carbonyl (C=O) groups is 1. The molecule has 1 saturated heterocycles. The minimum atomic E-state index is -0.477. The van der Waals surface area contributed by atoms with Crippen molar-refractivity contribution in [2.45, 2.75) is 32.6 Å². The van der Waals surface area contributed by atoms with E-state index in [1.54, 1.807) is 0 Å². The Morgan fingerprint density at radius 2 is 2.17 bits per heavy atom. The molecule has 0 bridgehead atoms. The van der Waals surface area contributed by atoms with Crippen LogP contribution in [0.2, 0.25) is 5.02 Å². The van der Waals surface area contributed by atoms with Gasteiger partial charge in [-0.05, 0) is 50.9 Å². The van der Waals surface area contributed by atoms with Crippen molar-refractivity contribution in [3.8, 4) is 5.88 Å². The fraction of sp³-hybridized carbons (Fsp3) is 0.647. The first-order chi connectivity index (χ1) is 11.5. The smallest absolute Gasteiger partial charge is 0.343 e. The summed E-state index contributed by atoms with van der Waals surface area (Å²) >= 11 is 5.94. The van der Waals surface area contributed by atoms with Gasteiger partial charge in [0, 0.05) is 0 Å². The van der Waals surface area contributed by atoms with Gasteiger partial charge in [0.25, 0.3) is 0 Å². The second-order valence-electron chi connectivity index (χ2n) is 6.15. The number of methoxy groups -OCH3 is 1.